The van der Waals surface area contributed by atoms with Crippen molar-refractivity contribution in [1.29, 1.82) is 0 Å². The lowest BCUT2D eigenvalue weighted by atomic mass is 10.2. The van der Waals surface area contributed by atoms with E-state index in [1.54, 1.807) is 36.5 Å². The van der Waals surface area contributed by atoms with Gasteiger partial charge in [-0.1, -0.05) is 18.2 Å². The van der Waals surface area contributed by atoms with E-state index in [0.717, 1.165) is 0 Å². The molecule has 1 amide bonds. The molecule has 1 heterocycles. The molecular formula is C14H15N3O2. The second kappa shape index (κ2) is 5.48. The molecule has 1 N–H and O–H groups in total. The Bertz CT molecular complexity index is 633. The number of carbonyl (C=O) groups is 1. The zero-order chi connectivity index (χ0) is 13.8. The van der Waals surface area contributed by atoms with Crippen LogP contribution in [0.15, 0.2) is 47.4 Å². The second-order valence-electron chi connectivity index (χ2n) is 4.42. The van der Waals surface area contributed by atoms with Gasteiger partial charge in [0.1, 0.15) is 5.82 Å². The molecule has 19 heavy (non-hydrogen) atoms. The lowest BCUT2D eigenvalue weighted by molar-refractivity contribution is 0.102. The number of carbonyl (C=O) groups excluding carboxylic acids is 1. The Morgan fingerprint density at radius 3 is 2.47 bits per heavy atom. The lowest BCUT2D eigenvalue weighted by Gasteiger charge is -2.09. The maximum Gasteiger partial charge on any atom is 0.349 e. The molecule has 0 spiro atoms. The first-order chi connectivity index (χ1) is 9.08. The smallest absolute Gasteiger partial charge is 0.306 e. The molecule has 0 unspecified atom stereocenters. The molecule has 0 atom stereocenters. The van der Waals surface area contributed by atoms with E-state index < -0.39 is 0 Å². The molecule has 0 saturated carbocycles. The first-order valence-corrected chi connectivity index (χ1v) is 6.03. The number of nitrogens with one attached hydrogen (secondary N) is 1. The van der Waals surface area contributed by atoms with E-state index in [1.807, 2.05) is 19.9 Å². The van der Waals surface area contributed by atoms with Crippen molar-refractivity contribution in [1.82, 2.24) is 9.55 Å². The molecule has 2 rings (SSSR count). The zero-order valence-electron chi connectivity index (χ0n) is 10.8. The molecule has 2 aromatic rings. The van der Waals surface area contributed by atoms with Crippen LogP contribution < -0.4 is 11.0 Å². The Morgan fingerprint density at radius 2 is 1.89 bits per heavy atom. The average molecular weight is 257 g/mol. The predicted octanol–water partition coefficient (Wildman–Crippen LogP) is 2.08. The summed E-state index contributed by atoms with van der Waals surface area (Å²) >= 11 is 0. The van der Waals surface area contributed by atoms with Crippen molar-refractivity contribution in [2.24, 2.45) is 0 Å². The standard InChI is InChI=1S/C14H15N3O2/c1-10(2)17-9-8-12(16-14(17)19)15-13(18)11-6-4-3-5-7-11/h3-10H,1-2H3,(H,15,16,18,19). The molecule has 0 aliphatic heterocycles. The highest BCUT2D eigenvalue weighted by Crippen LogP contribution is 2.06. The molecule has 0 fully saturated rings. The van der Waals surface area contributed by atoms with Crippen molar-refractivity contribution in [3.05, 3.63) is 58.6 Å². The fraction of sp³-hybridized carbons (Fsp3) is 0.214. The Hall–Kier alpha value is -2.43. The van der Waals surface area contributed by atoms with Crippen LogP contribution in [0.3, 0.4) is 0 Å². The summed E-state index contributed by atoms with van der Waals surface area (Å²) in [5, 5.41) is 2.60. The van der Waals surface area contributed by atoms with Crippen LogP contribution in [0.2, 0.25) is 0 Å². The number of rotatable bonds is 3. The van der Waals surface area contributed by atoms with Crippen LogP contribution in [0.5, 0.6) is 0 Å². The molecule has 98 valence electrons. The predicted molar refractivity (Wildman–Crippen MR) is 73.3 cm³/mol. The fourth-order valence-corrected chi connectivity index (χ4v) is 1.65. The molecule has 0 bridgehead atoms. The van der Waals surface area contributed by atoms with Crippen molar-refractivity contribution < 1.29 is 4.79 Å². The minimum absolute atomic E-state index is 0.0406. The van der Waals surface area contributed by atoms with Crippen LogP contribution in [0.25, 0.3) is 0 Å². The summed E-state index contributed by atoms with van der Waals surface area (Å²) in [5.74, 6) is -0.0226. The summed E-state index contributed by atoms with van der Waals surface area (Å²) in [5.41, 5.74) is 0.151. The third kappa shape index (κ3) is 3.07. The summed E-state index contributed by atoms with van der Waals surface area (Å²) in [6.45, 7) is 3.79. The van der Waals surface area contributed by atoms with Crippen LogP contribution in [0.1, 0.15) is 30.2 Å². The van der Waals surface area contributed by atoms with Crippen molar-refractivity contribution >= 4 is 11.7 Å². The third-order valence-electron chi connectivity index (χ3n) is 2.66. The molecule has 1 aromatic heterocycles. The van der Waals surface area contributed by atoms with Gasteiger partial charge in [-0.05, 0) is 32.0 Å². The van der Waals surface area contributed by atoms with Crippen molar-refractivity contribution in [2.75, 3.05) is 5.32 Å². The number of hydrogen-bond donors (Lipinski definition) is 1. The largest absolute Gasteiger partial charge is 0.349 e. The van der Waals surface area contributed by atoms with Crippen LogP contribution in [0, 0.1) is 0 Å². The monoisotopic (exact) mass is 257 g/mol. The first kappa shape index (κ1) is 13.0. The van der Waals surface area contributed by atoms with Crippen molar-refractivity contribution in [2.45, 2.75) is 19.9 Å². The number of aromatic nitrogens is 2. The number of nitrogens with zero attached hydrogens (tertiary/aromatic N) is 2. The maximum absolute atomic E-state index is 11.9. The Balaban J connectivity index is 2.19. The molecule has 1 aromatic carbocycles. The molecular weight excluding hydrogens is 242 g/mol. The minimum Gasteiger partial charge on any atom is -0.306 e. The summed E-state index contributed by atoms with van der Waals surface area (Å²) in [7, 11) is 0. The van der Waals surface area contributed by atoms with Crippen molar-refractivity contribution in [3.63, 3.8) is 0 Å². The number of anilines is 1. The van der Waals surface area contributed by atoms with E-state index >= 15 is 0 Å². The third-order valence-corrected chi connectivity index (χ3v) is 2.66. The summed E-state index contributed by atoms with van der Waals surface area (Å²) in [4.78, 5) is 27.4. The van der Waals surface area contributed by atoms with Gasteiger partial charge < -0.3 is 5.32 Å². The molecule has 0 radical (unpaired) electrons. The molecule has 5 heteroatoms. The van der Waals surface area contributed by atoms with Crippen LogP contribution in [-0.4, -0.2) is 15.5 Å². The Labute approximate surface area is 110 Å². The van der Waals surface area contributed by atoms with Gasteiger partial charge in [0.15, 0.2) is 0 Å². The van der Waals surface area contributed by atoms with Crippen LogP contribution >= 0.6 is 0 Å². The first-order valence-electron chi connectivity index (χ1n) is 6.03. The number of benzene rings is 1. The van der Waals surface area contributed by atoms with Gasteiger partial charge in [0.2, 0.25) is 0 Å². The summed E-state index contributed by atoms with van der Waals surface area (Å²) < 4.78 is 1.50. The average Bonchev–Trinajstić information content (AvgIpc) is 2.39. The van der Waals surface area contributed by atoms with E-state index in [9.17, 15) is 9.59 Å². The number of amides is 1. The normalized spacial score (nSPS) is 10.5. The van der Waals surface area contributed by atoms with Crippen LogP contribution in [-0.2, 0) is 0 Å². The van der Waals surface area contributed by atoms with Gasteiger partial charge in [-0.2, -0.15) is 4.98 Å². The summed E-state index contributed by atoms with van der Waals surface area (Å²) in [6.07, 6.45) is 1.63. The van der Waals surface area contributed by atoms with Crippen molar-refractivity contribution in [3.8, 4) is 0 Å². The highest BCUT2D eigenvalue weighted by atomic mass is 16.2. The van der Waals surface area contributed by atoms with E-state index in [1.165, 1.54) is 4.57 Å². The van der Waals surface area contributed by atoms with Gasteiger partial charge in [0.25, 0.3) is 5.91 Å². The quantitative estimate of drug-likeness (QED) is 0.915. The van der Waals surface area contributed by atoms with E-state index in [-0.39, 0.29) is 23.5 Å². The van der Waals surface area contributed by atoms with E-state index in [0.29, 0.717) is 5.56 Å². The molecule has 5 nitrogen and oxygen atoms in total. The molecule has 0 aliphatic carbocycles. The van der Waals surface area contributed by atoms with Crippen LogP contribution in [0.4, 0.5) is 5.82 Å². The van der Waals surface area contributed by atoms with Gasteiger partial charge >= 0.3 is 5.69 Å². The minimum atomic E-state index is -0.374. The van der Waals surface area contributed by atoms with E-state index in [4.69, 9.17) is 0 Å². The topological polar surface area (TPSA) is 64.0 Å². The fourth-order valence-electron chi connectivity index (χ4n) is 1.65. The van der Waals surface area contributed by atoms with Gasteiger partial charge in [0.05, 0.1) is 0 Å². The Morgan fingerprint density at radius 1 is 1.21 bits per heavy atom. The van der Waals surface area contributed by atoms with E-state index in [2.05, 4.69) is 10.3 Å². The van der Waals surface area contributed by atoms with Gasteiger partial charge in [-0.15, -0.1) is 0 Å². The van der Waals surface area contributed by atoms with Gasteiger partial charge in [-0.25, -0.2) is 4.79 Å². The SMILES string of the molecule is CC(C)n1ccc(NC(=O)c2ccccc2)nc1=O. The lowest BCUT2D eigenvalue weighted by Crippen LogP contribution is -2.25. The highest BCUT2D eigenvalue weighted by Gasteiger charge is 2.08. The highest BCUT2D eigenvalue weighted by molar-refractivity contribution is 6.03. The molecule has 0 aliphatic rings. The molecule has 0 saturated heterocycles. The number of hydrogen-bond acceptors (Lipinski definition) is 3. The second-order valence-corrected chi connectivity index (χ2v) is 4.42. The summed E-state index contributed by atoms with van der Waals surface area (Å²) in [6, 6.07) is 10.4. The zero-order valence-corrected chi connectivity index (χ0v) is 10.8. The van der Waals surface area contributed by atoms with Gasteiger partial charge in [-0.3, -0.25) is 9.36 Å². The Kier molecular flexibility index (Phi) is 3.75. The van der Waals surface area contributed by atoms with Gasteiger partial charge in [0, 0.05) is 17.8 Å². The maximum atomic E-state index is 11.9.